The average Bonchev–Trinajstić information content (AvgIpc) is 2.89. The molecule has 0 spiro atoms. The van der Waals surface area contributed by atoms with E-state index in [4.69, 9.17) is 4.42 Å². The number of carbonyl (C=O) groups is 1. The highest BCUT2D eigenvalue weighted by molar-refractivity contribution is 7.80. The van der Waals surface area contributed by atoms with Gasteiger partial charge in [0.05, 0.1) is 5.56 Å². The maximum Gasteiger partial charge on any atom is 0.259 e. The topological polar surface area (TPSA) is 94.4 Å². The lowest BCUT2D eigenvalue weighted by atomic mass is 10.1. The molecule has 0 aliphatic carbocycles. The van der Waals surface area contributed by atoms with Crippen LogP contribution in [0.2, 0.25) is 0 Å². The van der Waals surface area contributed by atoms with E-state index < -0.39 is 11.3 Å². The Bertz CT molecular complexity index is 908. The van der Waals surface area contributed by atoms with Crippen LogP contribution >= 0.6 is 0 Å². The number of benzene rings is 2. The maximum absolute atomic E-state index is 12.1. The summed E-state index contributed by atoms with van der Waals surface area (Å²) in [5.41, 5.74) is 2.90. The van der Waals surface area contributed by atoms with Crippen LogP contribution in [0.3, 0.4) is 0 Å². The molecule has 0 saturated heterocycles. The summed E-state index contributed by atoms with van der Waals surface area (Å²) >= 11 is -2.22. The van der Waals surface area contributed by atoms with E-state index in [1.54, 1.807) is 31.2 Å². The van der Waals surface area contributed by atoms with E-state index in [9.17, 15) is 13.6 Å². The van der Waals surface area contributed by atoms with Crippen LogP contribution in [0.25, 0.3) is 0 Å². The quantitative estimate of drug-likeness (QED) is 0.653. The van der Waals surface area contributed by atoms with Crippen molar-refractivity contribution in [1.29, 1.82) is 0 Å². The normalized spacial score (nSPS) is 11.1. The van der Waals surface area contributed by atoms with E-state index >= 15 is 0 Å². The van der Waals surface area contributed by atoms with E-state index in [-0.39, 0.29) is 5.91 Å². The number of hydrogen-bond donors (Lipinski definition) is 2. The van der Waals surface area contributed by atoms with Gasteiger partial charge in [0.1, 0.15) is 11.5 Å². The lowest BCUT2D eigenvalue weighted by Crippen LogP contribution is -2.13. The lowest BCUT2D eigenvalue weighted by molar-refractivity contribution is 0.102. The standard InChI is InChI=1S/C14H15NO2.C6H7NO2S/c1-9-10(2)17-11(3)13(9)14(16)15-12-7-5-4-6-8-12;8-10(9)7-6-4-2-1-3-5-6/h4-8H,1-3H3,(H,15,16);1-5,7H,(H,8,9)/p-1. The molecule has 27 heavy (non-hydrogen) atoms. The fourth-order valence-electron chi connectivity index (χ4n) is 2.44. The molecule has 0 aliphatic rings. The Hall–Kier alpha value is -2.90. The predicted molar refractivity (Wildman–Crippen MR) is 106 cm³/mol. The monoisotopic (exact) mass is 385 g/mol. The van der Waals surface area contributed by atoms with Crippen molar-refractivity contribution < 1.29 is 18.0 Å². The van der Waals surface area contributed by atoms with E-state index in [1.807, 2.05) is 50.2 Å². The number of para-hydroxylation sites is 2. The molecule has 1 heterocycles. The number of carbonyl (C=O) groups excluding carboxylic acids is 1. The molecule has 1 amide bonds. The molecule has 0 saturated carbocycles. The Kier molecular flexibility index (Phi) is 7.34. The van der Waals surface area contributed by atoms with Crippen molar-refractivity contribution in [2.24, 2.45) is 0 Å². The molecule has 1 atom stereocenters. The maximum atomic E-state index is 12.1. The zero-order valence-corrected chi connectivity index (χ0v) is 16.1. The third kappa shape index (κ3) is 6.09. The SMILES string of the molecule is Cc1oc(C)c(C(=O)Nc2ccccc2)c1C.O=S([O-])Nc1ccccc1. The van der Waals surface area contributed by atoms with Gasteiger partial charge in [-0.1, -0.05) is 36.4 Å². The van der Waals surface area contributed by atoms with Gasteiger partial charge in [0, 0.05) is 28.2 Å². The molecule has 3 rings (SSSR count). The van der Waals surface area contributed by atoms with E-state index in [0.29, 0.717) is 17.0 Å². The minimum atomic E-state index is -2.22. The zero-order chi connectivity index (χ0) is 19.8. The number of anilines is 2. The fourth-order valence-corrected chi connectivity index (χ4v) is 2.77. The largest absolute Gasteiger partial charge is 0.755 e. The van der Waals surface area contributed by atoms with Gasteiger partial charge in [-0.05, 0) is 45.0 Å². The highest BCUT2D eigenvalue weighted by Crippen LogP contribution is 2.21. The van der Waals surface area contributed by atoms with Crippen molar-refractivity contribution >= 4 is 28.5 Å². The van der Waals surface area contributed by atoms with Gasteiger partial charge < -0.3 is 19.0 Å². The molecule has 0 radical (unpaired) electrons. The Labute approximate surface area is 161 Å². The molecule has 7 heteroatoms. The molecule has 0 bridgehead atoms. The molecular weight excluding hydrogens is 364 g/mol. The molecular formula is C20H21N2O4S-. The van der Waals surface area contributed by atoms with Crippen LogP contribution < -0.4 is 10.0 Å². The number of rotatable bonds is 4. The number of furan rings is 1. The van der Waals surface area contributed by atoms with Gasteiger partial charge in [-0.25, -0.2) is 0 Å². The van der Waals surface area contributed by atoms with Crippen molar-refractivity contribution in [3.8, 4) is 0 Å². The van der Waals surface area contributed by atoms with Crippen LogP contribution in [0.4, 0.5) is 11.4 Å². The van der Waals surface area contributed by atoms with Crippen LogP contribution in [0.15, 0.2) is 65.1 Å². The minimum Gasteiger partial charge on any atom is -0.755 e. The van der Waals surface area contributed by atoms with Gasteiger partial charge in [0.25, 0.3) is 5.91 Å². The summed E-state index contributed by atoms with van der Waals surface area (Å²) in [5, 5.41) is 2.85. The average molecular weight is 385 g/mol. The number of hydrogen-bond acceptors (Lipinski definition) is 4. The van der Waals surface area contributed by atoms with Gasteiger partial charge in [-0.2, -0.15) is 0 Å². The van der Waals surface area contributed by atoms with E-state index in [2.05, 4.69) is 10.0 Å². The summed E-state index contributed by atoms with van der Waals surface area (Å²) in [6, 6.07) is 18.1. The van der Waals surface area contributed by atoms with Gasteiger partial charge in [0.15, 0.2) is 0 Å². The summed E-state index contributed by atoms with van der Waals surface area (Å²) in [6.45, 7) is 5.56. The van der Waals surface area contributed by atoms with E-state index in [0.717, 1.165) is 17.0 Å². The Balaban J connectivity index is 0.000000223. The molecule has 142 valence electrons. The van der Waals surface area contributed by atoms with Crippen molar-refractivity contribution in [3.63, 3.8) is 0 Å². The van der Waals surface area contributed by atoms with Gasteiger partial charge in [-0.15, -0.1) is 0 Å². The van der Waals surface area contributed by atoms with Crippen LogP contribution in [0.1, 0.15) is 27.4 Å². The molecule has 2 N–H and O–H groups in total. The molecule has 1 aromatic heterocycles. The van der Waals surface area contributed by atoms with E-state index in [1.165, 1.54) is 0 Å². The predicted octanol–water partition coefficient (Wildman–Crippen LogP) is 4.35. The molecule has 2 aromatic carbocycles. The molecule has 1 unspecified atom stereocenters. The first-order chi connectivity index (χ1) is 12.9. The second-order valence-corrected chi connectivity index (χ2v) is 6.41. The molecule has 0 fully saturated rings. The number of aryl methyl sites for hydroxylation is 2. The van der Waals surface area contributed by atoms with Crippen molar-refractivity contribution in [2.45, 2.75) is 20.8 Å². The Morgan fingerprint density at radius 2 is 1.41 bits per heavy atom. The highest BCUT2D eigenvalue weighted by atomic mass is 32.2. The van der Waals surface area contributed by atoms with Crippen LogP contribution in [0, 0.1) is 20.8 Å². The van der Waals surface area contributed by atoms with Gasteiger partial charge in [-0.3, -0.25) is 9.00 Å². The first-order valence-electron chi connectivity index (χ1n) is 8.22. The van der Waals surface area contributed by atoms with Gasteiger partial charge in [0.2, 0.25) is 0 Å². The zero-order valence-electron chi connectivity index (χ0n) is 15.3. The van der Waals surface area contributed by atoms with Crippen molar-refractivity contribution in [2.75, 3.05) is 10.0 Å². The Morgan fingerprint density at radius 1 is 0.889 bits per heavy atom. The third-order valence-corrected chi connectivity index (χ3v) is 4.20. The summed E-state index contributed by atoms with van der Waals surface area (Å²) in [6.07, 6.45) is 0. The lowest BCUT2D eigenvalue weighted by Gasteiger charge is -2.06. The number of nitrogens with one attached hydrogen (secondary N) is 2. The highest BCUT2D eigenvalue weighted by Gasteiger charge is 2.18. The minimum absolute atomic E-state index is 0.122. The first kappa shape index (κ1) is 20.4. The van der Waals surface area contributed by atoms with Crippen molar-refractivity contribution in [3.05, 3.63) is 83.3 Å². The van der Waals surface area contributed by atoms with Gasteiger partial charge >= 0.3 is 0 Å². The molecule has 6 nitrogen and oxygen atoms in total. The second-order valence-electron chi connectivity index (χ2n) is 5.74. The fraction of sp³-hybridized carbons (Fsp3) is 0.150. The summed E-state index contributed by atoms with van der Waals surface area (Å²) in [7, 11) is 0. The molecule has 3 aromatic rings. The second kappa shape index (κ2) is 9.70. The smallest absolute Gasteiger partial charge is 0.259 e. The number of amides is 1. The summed E-state index contributed by atoms with van der Waals surface area (Å²) in [4.78, 5) is 12.1. The van der Waals surface area contributed by atoms with Crippen molar-refractivity contribution in [1.82, 2.24) is 0 Å². The Morgan fingerprint density at radius 3 is 1.85 bits per heavy atom. The summed E-state index contributed by atoms with van der Waals surface area (Å²) in [5.74, 6) is 1.33. The van der Waals surface area contributed by atoms with Crippen LogP contribution in [-0.2, 0) is 11.3 Å². The third-order valence-electron chi connectivity index (χ3n) is 3.80. The van der Waals surface area contributed by atoms with Crippen LogP contribution in [-0.4, -0.2) is 14.7 Å². The first-order valence-corrected chi connectivity index (χ1v) is 9.30. The molecule has 0 aliphatic heterocycles. The summed E-state index contributed by atoms with van der Waals surface area (Å²) < 4.78 is 27.8. The van der Waals surface area contributed by atoms with Crippen LogP contribution in [0.5, 0.6) is 0 Å².